The minimum atomic E-state index is -4.49. The number of rotatable bonds is 28. The molecular weight excluding hydrogens is 511 g/mol. The van der Waals surface area contributed by atoms with Gasteiger partial charge in [-0.1, -0.05) is 96.1 Å². The Labute approximate surface area is 230 Å². The molecule has 3 atom stereocenters. The van der Waals surface area contributed by atoms with E-state index in [2.05, 4.69) is 28.1 Å². The molecule has 0 aromatic carbocycles. The minimum Gasteiger partial charge on any atom is -0.463 e. The summed E-state index contributed by atoms with van der Waals surface area (Å²) in [6.45, 7) is 0.104. The van der Waals surface area contributed by atoms with Crippen LogP contribution in [0.15, 0.2) is 12.2 Å². The number of phosphoric ester groups is 1. The van der Waals surface area contributed by atoms with Crippen LogP contribution in [0.3, 0.4) is 0 Å². The van der Waals surface area contributed by atoms with Crippen LogP contribution in [-0.2, 0) is 23.1 Å². The maximum absolute atomic E-state index is 11.8. The first-order chi connectivity index (χ1) is 18.3. The lowest BCUT2D eigenvalue weighted by molar-refractivity contribution is -0.147. The standard InChI is InChI=1S/C28H55O9P/c1-2-3-4-5-6-7-8-9-10-11-12-13-14-15-16-17-18-19-20-21-28(32)35-23-27(31)25-37-38(33,34)36-24-26(30)22-29/h9-10,26-27,29-31H,2-8,11-25H2,1H3,(H,33,34)/b10-9-. The molecule has 0 aromatic heterocycles. The smallest absolute Gasteiger partial charge is 0.463 e. The monoisotopic (exact) mass is 566 g/mol. The van der Waals surface area contributed by atoms with E-state index < -0.39 is 45.8 Å². The summed E-state index contributed by atoms with van der Waals surface area (Å²) in [5.74, 6) is -0.431. The van der Waals surface area contributed by atoms with E-state index in [0.29, 0.717) is 0 Å². The molecule has 10 heteroatoms. The Balaban J connectivity index is 3.47. The lowest BCUT2D eigenvalue weighted by atomic mass is 10.1. The van der Waals surface area contributed by atoms with Crippen LogP contribution in [0.25, 0.3) is 0 Å². The van der Waals surface area contributed by atoms with E-state index in [-0.39, 0.29) is 13.0 Å². The molecule has 0 radical (unpaired) electrons. The number of ether oxygens (including phenoxy) is 1. The van der Waals surface area contributed by atoms with Crippen molar-refractivity contribution in [2.75, 3.05) is 26.4 Å². The molecule has 0 spiro atoms. The van der Waals surface area contributed by atoms with E-state index in [9.17, 15) is 19.4 Å². The summed E-state index contributed by atoms with van der Waals surface area (Å²) < 4.78 is 25.6. The van der Waals surface area contributed by atoms with Gasteiger partial charge in [-0.15, -0.1) is 0 Å². The summed E-state index contributed by atoms with van der Waals surface area (Å²) in [7, 11) is -4.49. The van der Waals surface area contributed by atoms with Crippen molar-refractivity contribution >= 4 is 13.8 Å². The summed E-state index contributed by atoms with van der Waals surface area (Å²) in [5, 5.41) is 27.5. The number of aliphatic hydroxyl groups excluding tert-OH is 3. The fraction of sp³-hybridized carbons (Fsp3) is 0.893. The summed E-state index contributed by atoms with van der Waals surface area (Å²) in [6, 6.07) is 0. The summed E-state index contributed by atoms with van der Waals surface area (Å²) >= 11 is 0. The van der Waals surface area contributed by atoms with Gasteiger partial charge >= 0.3 is 13.8 Å². The van der Waals surface area contributed by atoms with Gasteiger partial charge in [-0.25, -0.2) is 4.57 Å². The number of esters is 1. The highest BCUT2D eigenvalue weighted by Crippen LogP contribution is 2.43. The average molecular weight is 567 g/mol. The van der Waals surface area contributed by atoms with Crippen LogP contribution < -0.4 is 0 Å². The van der Waals surface area contributed by atoms with Crippen LogP contribution in [0.5, 0.6) is 0 Å². The van der Waals surface area contributed by atoms with Crippen molar-refractivity contribution in [1.29, 1.82) is 0 Å². The van der Waals surface area contributed by atoms with Crippen molar-refractivity contribution in [3.63, 3.8) is 0 Å². The van der Waals surface area contributed by atoms with Gasteiger partial charge in [0, 0.05) is 6.42 Å². The molecule has 0 heterocycles. The molecule has 38 heavy (non-hydrogen) atoms. The van der Waals surface area contributed by atoms with Crippen molar-refractivity contribution < 1.29 is 43.4 Å². The Hall–Kier alpha value is -0.800. The highest BCUT2D eigenvalue weighted by Gasteiger charge is 2.24. The maximum atomic E-state index is 11.8. The molecule has 3 unspecified atom stereocenters. The molecule has 226 valence electrons. The lowest BCUT2D eigenvalue weighted by Gasteiger charge is -2.16. The molecule has 0 aromatic rings. The second-order valence-electron chi connectivity index (χ2n) is 9.98. The molecule has 9 nitrogen and oxygen atoms in total. The van der Waals surface area contributed by atoms with Crippen molar-refractivity contribution in [3.8, 4) is 0 Å². The Bertz CT molecular complexity index is 615. The Morgan fingerprint density at radius 1 is 0.711 bits per heavy atom. The SMILES string of the molecule is CCCCCCCC/C=C\CCCCCCCCCCCC(=O)OCC(O)COP(=O)(O)OCC(O)CO. The van der Waals surface area contributed by atoms with E-state index in [1.165, 1.54) is 89.9 Å². The third-order valence-corrected chi connectivity index (χ3v) is 7.10. The van der Waals surface area contributed by atoms with Gasteiger partial charge in [0.2, 0.25) is 0 Å². The first kappa shape index (κ1) is 37.2. The van der Waals surface area contributed by atoms with E-state index in [4.69, 9.17) is 14.9 Å². The molecule has 0 aliphatic heterocycles. The molecule has 4 N–H and O–H groups in total. The van der Waals surface area contributed by atoms with Crippen LogP contribution in [-0.4, -0.2) is 64.8 Å². The third-order valence-electron chi connectivity index (χ3n) is 6.15. The summed E-state index contributed by atoms with van der Waals surface area (Å²) in [4.78, 5) is 21.2. The number of carbonyl (C=O) groups excluding carboxylic acids is 1. The van der Waals surface area contributed by atoms with E-state index in [1.807, 2.05) is 0 Å². The fourth-order valence-electron chi connectivity index (χ4n) is 3.81. The largest absolute Gasteiger partial charge is 0.472 e. The van der Waals surface area contributed by atoms with Crippen LogP contribution in [0.4, 0.5) is 0 Å². The van der Waals surface area contributed by atoms with E-state index in [1.54, 1.807) is 0 Å². The Kier molecular flexibility index (Phi) is 25.9. The predicted molar refractivity (Wildman–Crippen MR) is 150 cm³/mol. The van der Waals surface area contributed by atoms with Crippen LogP contribution >= 0.6 is 7.82 Å². The minimum absolute atomic E-state index is 0.264. The zero-order valence-electron chi connectivity index (χ0n) is 23.6. The van der Waals surface area contributed by atoms with Crippen molar-refractivity contribution in [1.82, 2.24) is 0 Å². The fourth-order valence-corrected chi connectivity index (χ4v) is 4.60. The molecule has 0 aliphatic rings. The second kappa shape index (κ2) is 26.4. The first-order valence-corrected chi connectivity index (χ1v) is 16.2. The van der Waals surface area contributed by atoms with E-state index in [0.717, 1.165) is 19.3 Å². The van der Waals surface area contributed by atoms with Crippen LogP contribution in [0.1, 0.15) is 122 Å². The molecule has 0 saturated heterocycles. The van der Waals surface area contributed by atoms with Crippen molar-refractivity contribution in [3.05, 3.63) is 12.2 Å². The van der Waals surface area contributed by atoms with Crippen molar-refractivity contribution in [2.24, 2.45) is 0 Å². The highest BCUT2D eigenvalue weighted by molar-refractivity contribution is 7.47. The zero-order chi connectivity index (χ0) is 28.3. The second-order valence-corrected chi connectivity index (χ2v) is 11.4. The molecule has 0 amide bonds. The number of carbonyl (C=O) groups is 1. The average Bonchev–Trinajstić information content (AvgIpc) is 2.90. The normalized spacial score (nSPS) is 15.0. The molecular formula is C28H55O9P. The van der Waals surface area contributed by atoms with Gasteiger partial charge < -0.3 is 24.9 Å². The van der Waals surface area contributed by atoms with Gasteiger partial charge in [0.15, 0.2) is 0 Å². The quantitative estimate of drug-likeness (QED) is 0.0389. The molecule has 0 bridgehead atoms. The topological polar surface area (TPSA) is 143 Å². The first-order valence-electron chi connectivity index (χ1n) is 14.7. The third kappa shape index (κ3) is 26.8. The Morgan fingerprint density at radius 3 is 1.66 bits per heavy atom. The highest BCUT2D eigenvalue weighted by atomic mass is 31.2. The number of aliphatic hydroxyl groups is 3. The summed E-state index contributed by atoms with van der Waals surface area (Å²) in [5.41, 5.74) is 0. The van der Waals surface area contributed by atoms with Gasteiger partial charge in [0.25, 0.3) is 0 Å². The Morgan fingerprint density at radius 2 is 1.16 bits per heavy atom. The number of phosphoric acid groups is 1. The molecule has 0 fully saturated rings. The van der Waals surface area contributed by atoms with Gasteiger partial charge in [0.1, 0.15) is 18.8 Å². The van der Waals surface area contributed by atoms with Crippen LogP contribution in [0.2, 0.25) is 0 Å². The predicted octanol–water partition coefficient (Wildman–Crippen LogP) is 5.98. The van der Waals surface area contributed by atoms with Crippen molar-refractivity contribution in [2.45, 2.75) is 135 Å². The lowest BCUT2D eigenvalue weighted by Crippen LogP contribution is -2.24. The van der Waals surface area contributed by atoms with Gasteiger partial charge in [-0.05, 0) is 32.1 Å². The maximum Gasteiger partial charge on any atom is 0.472 e. The van der Waals surface area contributed by atoms with Crippen LogP contribution in [0, 0.1) is 0 Å². The van der Waals surface area contributed by atoms with E-state index >= 15 is 0 Å². The number of hydrogen-bond acceptors (Lipinski definition) is 8. The number of hydrogen-bond donors (Lipinski definition) is 4. The number of allylic oxidation sites excluding steroid dienone is 2. The van der Waals surface area contributed by atoms with Gasteiger partial charge in [0.05, 0.1) is 19.8 Å². The van der Waals surface area contributed by atoms with Gasteiger partial charge in [-0.2, -0.15) is 0 Å². The molecule has 0 saturated carbocycles. The summed E-state index contributed by atoms with van der Waals surface area (Å²) in [6.07, 6.45) is 23.2. The zero-order valence-corrected chi connectivity index (χ0v) is 24.5. The van der Waals surface area contributed by atoms with Gasteiger partial charge in [-0.3, -0.25) is 13.8 Å². The molecule has 0 rings (SSSR count). The number of unbranched alkanes of at least 4 members (excludes halogenated alkanes) is 15. The molecule has 0 aliphatic carbocycles.